The van der Waals surface area contributed by atoms with Crippen molar-refractivity contribution in [3.63, 3.8) is 0 Å². The predicted molar refractivity (Wildman–Crippen MR) is 76.9 cm³/mol. The Morgan fingerprint density at radius 2 is 1.90 bits per heavy atom. The summed E-state index contributed by atoms with van der Waals surface area (Å²) in [4.78, 5) is 25.9. The average molecular weight is 316 g/mol. The number of hydrogen-bond acceptors (Lipinski definition) is 4. The largest absolute Gasteiger partial charge is 0.477 e. The number of aliphatic imine (C=N–C) groups is 1. The van der Waals surface area contributed by atoms with Gasteiger partial charge in [-0.2, -0.15) is 0 Å². The van der Waals surface area contributed by atoms with Gasteiger partial charge >= 0.3 is 11.9 Å². The van der Waals surface area contributed by atoms with E-state index in [0.29, 0.717) is 17.9 Å². The summed E-state index contributed by atoms with van der Waals surface area (Å²) in [6.07, 6.45) is 1.12. The minimum Gasteiger partial charge on any atom is -0.477 e. The SMILES string of the molecule is CCOC(=O)c1ccc(N=C/C(Cl)=C(\Cl)C(=O)O)cc1. The molecule has 1 rings (SSSR count). The zero-order valence-corrected chi connectivity index (χ0v) is 12.0. The van der Waals surface area contributed by atoms with Crippen molar-refractivity contribution in [2.75, 3.05) is 6.61 Å². The molecule has 5 nitrogen and oxygen atoms in total. The molecule has 0 aliphatic heterocycles. The van der Waals surface area contributed by atoms with Gasteiger partial charge in [-0.25, -0.2) is 9.59 Å². The number of rotatable bonds is 5. The number of nitrogens with zero attached hydrogens (tertiary/aromatic N) is 1. The maximum atomic E-state index is 11.4. The average Bonchev–Trinajstić information content (AvgIpc) is 2.44. The van der Waals surface area contributed by atoms with E-state index in [2.05, 4.69) is 4.99 Å². The molecule has 20 heavy (non-hydrogen) atoms. The maximum absolute atomic E-state index is 11.4. The van der Waals surface area contributed by atoms with E-state index in [9.17, 15) is 9.59 Å². The first-order valence-corrected chi connectivity index (χ1v) is 6.31. The third-order valence-electron chi connectivity index (χ3n) is 2.10. The van der Waals surface area contributed by atoms with Gasteiger partial charge in [-0.05, 0) is 31.2 Å². The molecule has 0 saturated heterocycles. The number of carboxylic acid groups (broad SMARTS) is 1. The molecule has 0 saturated carbocycles. The summed E-state index contributed by atoms with van der Waals surface area (Å²) in [5.41, 5.74) is 0.891. The highest BCUT2D eigenvalue weighted by molar-refractivity contribution is 6.51. The standard InChI is InChI=1S/C13H11Cl2NO4/c1-2-20-13(19)8-3-5-9(6-4-8)16-7-10(14)11(15)12(17)18/h3-7H,2H2,1H3,(H,17,18)/b11-10+,16-7?. The van der Waals surface area contributed by atoms with E-state index in [1.54, 1.807) is 31.2 Å². The van der Waals surface area contributed by atoms with E-state index in [1.807, 2.05) is 0 Å². The van der Waals surface area contributed by atoms with Crippen molar-refractivity contribution in [2.24, 2.45) is 4.99 Å². The van der Waals surface area contributed by atoms with Gasteiger partial charge in [0, 0.05) is 6.21 Å². The summed E-state index contributed by atoms with van der Waals surface area (Å²) in [7, 11) is 0. The van der Waals surface area contributed by atoms with E-state index in [0.717, 1.165) is 6.21 Å². The number of ether oxygens (including phenoxy) is 1. The molecule has 0 aliphatic rings. The summed E-state index contributed by atoms with van der Waals surface area (Å²) in [6, 6.07) is 6.23. The monoisotopic (exact) mass is 315 g/mol. The minimum absolute atomic E-state index is 0.186. The molecule has 0 unspecified atom stereocenters. The number of esters is 1. The van der Waals surface area contributed by atoms with Gasteiger partial charge in [0.2, 0.25) is 0 Å². The van der Waals surface area contributed by atoms with Crippen molar-refractivity contribution < 1.29 is 19.4 Å². The first-order chi connectivity index (χ1) is 9.45. The fourth-order valence-corrected chi connectivity index (χ4v) is 1.37. The van der Waals surface area contributed by atoms with Gasteiger partial charge in [-0.3, -0.25) is 4.99 Å². The molecule has 0 radical (unpaired) electrons. The van der Waals surface area contributed by atoms with Gasteiger partial charge in [0.25, 0.3) is 0 Å². The lowest BCUT2D eigenvalue weighted by molar-refractivity contribution is -0.131. The van der Waals surface area contributed by atoms with Crippen LogP contribution in [-0.2, 0) is 9.53 Å². The van der Waals surface area contributed by atoms with Crippen molar-refractivity contribution >= 4 is 47.0 Å². The molecular formula is C13H11Cl2NO4. The van der Waals surface area contributed by atoms with Crippen LogP contribution in [0.15, 0.2) is 39.3 Å². The van der Waals surface area contributed by atoms with Crippen LogP contribution >= 0.6 is 23.2 Å². The number of benzene rings is 1. The topological polar surface area (TPSA) is 76.0 Å². The molecule has 1 N–H and O–H groups in total. The molecule has 106 valence electrons. The van der Waals surface area contributed by atoms with Crippen LogP contribution in [0.3, 0.4) is 0 Å². The molecular weight excluding hydrogens is 305 g/mol. The number of carbonyl (C=O) groups excluding carboxylic acids is 1. The molecule has 1 aromatic rings. The summed E-state index contributed by atoms with van der Waals surface area (Å²) in [5, 5.41) is 7.91. The van der Waals surface area contributed by atoms with Crippen molar-refractivity contribution in [3.8, 4) is 0 Å². The molecule has 0 amide bonds. The number of carboxylic acids is 1. The van der Waals surface area contributed by atoms with Crippen LogP contribution in [0.1, 0.15) is 17.3 Å². The highest BCUT2D eigenvalue weighted by atomic mass is 35.5. The number of aliphatic carboxylic acids is 1. The molecule has 0 heterocycles. The Bertz CT molecular complexity index is 564. The lowest BCUT2D eigenvalue weighted by Crippen LogP contribution is -2.03. The molecule has 0 aromatic heterocycles. The Morgan fingerprint density at radius 3 is 2.40 bits per heavy atom. The summed E-state index contributed by atoms with van der Waals surface area (Å²) in [5.74, 6) is -1.75. The van der Waals surface area contributed by atoms with Crippen LogP contribution in [0.4, 0.5) is 5.69 Å². The van der Waals surface area contributed by atoms with E-state index in [-0.39, 0.29) is 5.03 Å². The number of halogens is 2. The van der Waals surface area contributed by atoms with E-state index < -0.39 is 17.0 Å². The minimum atomic E-state index is -1.33. The van der Waals surface area contributed by atoms with Gasteiger partial charge in [-0.1, -0.05) is 23.2 Å². The van der Waals surface area contributed by atoms with Crippen molar-refractivity contribution in [1.29, 1.82) is 0 Å². The smallest absolute Gasteiger partial charge is 0.348 e. The Kier molecular flexibility index (Phi) is 6.21. The molecule has 0 spiro atoms. The van der Waals surface area contributed by atoms with Gasteiger partial charge in [0.1, 0.15) is 5.03 Å². The first kappa shape index (κ1) is 16.2. The van der Waals surface area contributed by atoms with Crippen LogP contribution in [-0.4, -0.2) is 29.9 Å². The fraction of sp³-hybridized carbons (Fsp3) is 0.154. The zero-order chi connectivity index (χ0) is 15.1. The Hall–Kier alpha value is -1.85. The first-order valence-electron chi connectivity index (χ1n) is 5.55. The number of hydrogen-bond donors (Lipinski definition) is 1. The maximum Gasteiger partial charge on any atom is 0.348 e. The van der Waals surface area contributed by atoms with E-state index in [1.165, 1.54) is 0 Å². The Balaban J connectivity index is 2.83. The number of carbonyl (C=O) groups is 2. The molecule has 0 fully saturated rings. The molecule has 0 aliphatic carbocycles. The summed E-state index contributed by atoms with van der Waals surface area (Å²) < 4.78 is 4.84. The molecule has 1 aromatic carbocycles. The lowest BCUT2D eigenvalue weighted by atomic mass is 10.2. The third kappa shape index (κ3) is 4.68. The second kappa shape index (κ2) is 7.67. The van der Waals surface area contributed by atoms with Crippen LogP contribution in [0.5, 0.6) is 0 Å². The normalized spacial score (nSPS) is 12.2. The molecule has 0 bridgehead atoms. The highest BCUT2D eigenvalue weighted by Gasteiger charge is 2.08. The fourth-order valence-electron chi connectivity index (χ4n) is 1.19. The van der Waals surface area contributed by atoms with E-state index in [4.69, 9.17) is 33.0 Å². The van der Waals surface area contributed by atoms with Crippen LogP contribution in [0.25, 0.3) is 0 Å². The van der Waals surface area contributed by atoms with Gasteiger partial charge < -0.3 is 9.84 Å². The molecule has 7 heteroatoms. The van der Waals surface area contributed by atoms with Crippen LogP contribution in [0.2, 0.25) is 0 Å². The highest BCUT2D eigenvalue weighted by Crippen LogP contribution is 2.17. The zero-order valence-electron chi connectivity index (χ0n) is 10.5. The predicted octanol–water partition coefficient (Wildman–Crippen LogP) is 3.34. The van der Waals surface area contributed by atoms with Crippen LogP contribution < -0.4 is 0 Å². The lowest BCUT2D eigenvalue weighted by Gasteiger charge is -2.01. The second-order valence-electron chi connectivity index (χ2n) is 3.49. The molecule has 0 atom stereocenters. The quantitative estimate of drug-likeness (QED) is 0.513. The van der Waals surface area contributed by atoms with Crippen molar-refractivity contribution in [3.05, 3.63) is 39.9 Å². The summed E-state index contributed by atoms with van der Waals surface area (Å²) in [6.45, 7) is 2.02. The second-order valence-corrected chi connectivity index (χ2v) is 4.28. The third-order valence-corrected chi connectivity index (χ3v) is 2.85. The number of allylic oxidation sites excluding steroid dienone is 1. The Morgan fingerprint density at radius 1 is 1.30 bits per heavy atom. The van der Waals surface area contributed by atoms with Gasteiger partial charge in [-0.15, -0.1) is 0 Å². The van der Waals surface area contributed by atoms with Crippen molar-refractivity contribution in [2.45, 2.75) is 6.92 Å². The van der Waals surface area contributed by atoms with Gasteiger partial charge in [0.15, 0.2) is 0 Å². The summed E-state index contributed by atoms with van der Waals surface area (Å²) >= 11 is 11.1. The van der Waals surface area contributed by atoms with Crippen LogP contribution in [0, 0.1) is 0 Å². The van der Waals surface area contributed by atoms with Crippen molar-refractivity contribution in [1.82, 2.24) is 0 Å². The van der Waals surface area contributed by atoms with Gasteiger partial charge in [0.05, 0.1) is 22.9 Å². The Labute approximate surface area is 125 Å². The van der Waals surface area contributed by atoms with E-state index >= 15 is 0 Å².